The number of rotatable bonds is 11. The van der Waals surface area contributed by atoms with E-state index in [0.717, 1.165) is 16.7 Å². The Hall–Kier alpha value is -6.27. The highest BCUT2D eigenvalue weighted by molar-refractivity contribution is 6.05. The molecule has 270 valence electrons. The van der Waals surface area contributed by atoms with Gasteiger partial charge < -0.3 is 34.1 Å². The van der Waals surface area contributed by atoms with E-state index < -0.39 is 11.0 Å². The summed E-state index contributed by atoms with van der Waals surface area (Å²) in [7, 11) is 3.30. The van der Waals surface area contributed by atoms with E-state index in [1.807, 2.05) is 55.5 Å². The summed E-state index contributed by atoms with van der Waals surface area (Å²) in [6, 6.07) is 33.3. The molecule has 2 bridgehead atoms. The SMILES string of the molecule is CCC1(Cn2cnc3ncnc-3c2NC(=O)c2ccccc2)CN(CCO)C1=O.COc1c2ccc(c1OC)C(c1ccccc1)(c1ccccc1)O2. The highest BCUT2D eigenvalue weighted by Gasteiger charge is 2.51. The van der Waals surface area contributed by atoms with Crippen LogP contribution in [0.1, 0.15) is 40.4 Å². The Morgan fingerprint density at radius 1 is 0.868 bits per heavy atom. The molecule has 0 aromatic heterocycles. The van der Waals surface area contributed by atoms with E-state index in [4.69, 9.17) is 19.3 Å². The van der Waals surface area contributed by atoms with Crippen molar-refractivity contribution in [2.45, 2.75) is 25.5 Å². The molecule has 53 heavy (non-hydrogen) atoms. The number of methoxy groups -OCH3 is 2. The number of amides is 2. The number of aliphatic hydroxyl groups is 1. The average molecular weight is 713 g/mol. The second kappa shape index (κ2) is 14.8. The molecule has 0 radical (unpaired) electrons. The van der Waals surface area contributed by atoms with Crippen molar-refractivity contribution in [3.63, 3.8) is 0 Å². The van der Waals surface area contributed by atoms with Crippen molar-refractivity contribution in [1.82, 2.24) is 24.4 Å². The lowest BCUT2D eigenvalue weighted by molar-refractivity contribution is -0.163. The van der Waals surface area contributed by atoms with E-state index in [-0.39, 0.29) is 18.4 Å². The van der Waals surface area contributed by atoms with Crippen molar-refractivity contribution in [3.8, 4) is 28.8 Å². The van der Waals surface area contributed by atoms with Gasteiger partial charge in [0.05, 0.1) is 38.1 Å². The van der Waals surface area contributed by atoms with Gasteiger partial charge >= 0.3 is 0 Å². The molecule has 1 atom stereocenters. The summed E-state index contributed by atoms with van der Waals surface area (Å²) < 4.78 is 19.5. The standard InChI is InChI=1S/C21H18O3.C20H22N6O3/c1-22-19-17-13-14-18(20(19)23-2)24-21(17,15-9-5-3-6-10-15)16-11-7-4-8-12-16;1-2-20(10-25(8-9-27)19(20)29)11-26-13-23-16-15(21-12-22-16)17(26)24-18(28)14-6-4-3-5-7-14/h3-14H,1-2H3;3-7,12-13,27H,2,8-11H2,1H3,(H,24,28). The Morgan fingerprint density at radius 3 is 2.09 bits per heavy atom. The summed E-state index contributed by atoms with van der Waals surface area (Å²) in [4.78, 5) is 39.8. The first-order valence-corrected chi connectivity index (χ1v) is 17.4. The molecule has 1 fully saturated rings. The summed E-state index contributed by atoms with van der Waals surface area (Å²) >= 11 is 0. The first-order valence-electron chi connectivity index (χ1n) is 17.4. The summed E-state index contributed by atoms with van der Waals surface area (Å²) in [5.41, 5.74) is 2.70. The Kier molecular flexibility index (Phi) is 9.79. The lowest BCUT2D eigenvalue weighted by atomic mass is 9.76. The second-order valence-electron chi connectivity index (χ2n) is 12.9. The number of carbonyl (C=O) groups excluding carboxylic acids is 2. The Labute approximate surface area is 307 Å². The van der Waals surface area contributed by atoms with Gasteiger partial charge in [-0.15, -0.1) is 0 Å². The summed E-state index contributed by atoms with van der Waals surface area (Å²) in [5, 5.41) is 12.0. The number of ether oxygens (including phenoxy) is 3. The van der Waals surface area contributed by atoms with Crippen molar-refractivity contribution in [2.24, 2.45) is 5.41 Å². The molecule has 0 aliphatic carbocycles. The van der Waals surface area contributed by atoms with Crippen LogP contribution in [-0.4, -0.2) is 75.3 Å². The van der Waals surface area contributed by atoms with Gasteiger partial charge in [0.1, 0.15) is 12.1 Å². The number of fused-ring (bicyclic) bond motifs is 4. The number of β-amino-alcohol motifs (C(OH)–C–C–N with tert-alkyl or cyclic N) is 1. The molecule has 12 nitrogen and oxygen atoms in total. The number of aromatic nitrogens is 4. The quantitative estimate of drug-likeness (QED) is 0.163. The number of anilines is 1. The number of imidazole rings is 1. The molecule has 4 aromatic carbocycles. The van der Waals surface area contributed by atoms with Crippen LogP contribution in [0.3, 0.4) is 0 Å². The number of likely N-dealkylation sites (tertiary alicyclic amines) is 1. The molecule has 5 aliphatic rings. The van der Waals surface area contributed by atoms with Gasteiger partial charge in [0, 0.05) is 36.3 Å². The van der Waals surface area contributed by atoms with Gasteiger partial charge in [0.25, 0.3) is 5.91 Å². The summed E-state index contributed by atoms with van der Waals surface area (Å²) in [5.74, 6) is 2.64. The monoisotopic (exact) mass is 712 g/mol. The molecule has 9 rings (SSSR count). The second-order valence-corrected chi connectivity index (χ2v) is 12.9. The first kappa shape index (κ1) is 35.1. The zero-order chi connectivity index (χ0) is 37.0. The highest BCUT2D eigenvalue weighted by Crippen LogP contribution is 2.56. The molecule has 1 saturated heterocycles. The van der Waals surface area contributed by atoms with Crippen molar-refractivity contribution in [3.05, 3.63) is 138 Å². The van der Waals surface area contributed by atoms with Gasteiger partial charge in [0.2, 0.25) is 11.7 Å². The lowest BCUT2D eigenvalue weighted by Gasteiger charge is -2.48. The van der Waals surface area contributed by atoms with Crippen LogP contribution in [0.4, 0.5) is 5.82 Å². The number of carbonyl (C=O) groups is 2. The molecule has 2 N–H and O–H groups in total. The van der Waals surface area contributed by atoms with Crippen LogP contribution in [0.2, 0.25) is 0 Å². The normalized spacial score (nSPS) is 16.6. The maximum absolute atomic E-state index is 12.8. The molecular weight excluding hydrogens is 672 g/mol. The third-order valence-corrected chi connectivity index (χ3v) is 9.92. The molecule has 5 aliphatic heterocycles. The first-order chi connectivity index (χ1) is 25.9. The van der Waals surface area contributed by atoms with Crippen LogP contribution in [0.25, 0.3) is 11.5 Å². The number of benzene rings is 4. The Bertz CT molecular complexity index is 2140. The van der Waals surface area contributed by atoms with E-state index in [1.54, 1.807) is 54.3 Å². The number of β-lactam (4-membered cyclic amide) rings is 1. The Balaban J connectivity index is 0.000000167. The number of nitrogens with one attached hydrogen (secondary N) is 1. The zero-order valence-corrected chi connectivity index (χ0v) is 29.7. The predicted molar refractivity (Wildman–Crippen MR) is 198 cm³/mol. The molecule has 2 amide bonds. The highest BCUT2D eigenvalue weighted by atomic mass is 16.6. The maximum Gasteiger partial charge on any atom is 0.256 e. The van der Waals surface area contributed by atoms with Crippen LogP contribution in [-0.2, 0) is 16.9 Å². The third kappa shape index (κ3) is 6.20. The van der Waals surface area contributed by atoms with E-state index in [1.165, 1.54) is 6.33 Å². The fourth-order valence-electron chi connectivity index (χ4n) is 7.19. The smallest absolute Gasteiger partial charge is 0.256 e. The average Bonchev–Trinajstić information content (AvgIpc) is 3.71. The van der Waals surface area contributed by atoms with E-state index in [2.05, 4.69) is 50.6 Å². The number of aliphatic hydroxyl groups excluding tert-OH is 1. The van der Waals surface area contributed by atoms with Crippen LogP contribution in [0.5, 0.6) is 17.2 Å². The van der Waals surface area contributed by atoms with Gasteiger partial charge in [-0.2, -0.15) is 0 Å². The summed E-state index contributed by atoms with van der Waals surface area (Å²) in [6.45, 7) is 3.13. The largest absolute Gasteiger partial charge is 0.492 e. The fraction of sp³-hybridized carbons (Fsp3) is 0.244. The van der Waals surface area contributed by atoms with Gasteiger partial charge in [-0.25, -0.2) is 15.0 Å². The molecule has 0 saturated carbocycles. The number of hydrogen-bond donors (Lipinski definition) is 2. The molecule has 0 spiro atoms. The van der Waals surface area contributed by atoms with Gasteiger partial charge in [-0.1, -0.05) is 85.8 Å². The minimum atomic E-state index is -0.736. The molecule has 4 aromatic rings. The molecule has 1 unspecified atom stereocenters. The minimum Gasteiger partial charge on any atom is -0.492 e. The fourth-order valence-corrected chi connectivity index (χ4v) is 7.19. The van der Waals surface area contributed by atoms with E-state index in [0.29, 0.717) is 66.2 Å². The van der Waals surface area contributed by atoms with Gasteiger partial charge in [0.15, 0.2) is 28.6 Å². The zero-order valence-electron chi connectivity index (χ0n) is 29.7. The topological polar surface area (TPSA) is 141 Å². The van der Waals surface area contributed by atoms with Crippen molar-refractivity contribution in [1.29, 1.82) is 0 Å². The number of nitrogens with zero attached hydrogens (tertiary/aromatic N) is 5. The number of hydrogen-bond acceptors (Lipinski definition) is 9. The van der Waals surface area contributed by atoms with Crippen LogP contribution >= 0.6 is 0 Å². The maximum atomic E-state index is 12.8. The minimum absolute atomic E-state index is 0.00410. The van der Waals surface area contributed by atoms with Crippen molar-refractivity contribution in [2.75, 3.05) is 39.2 Å². The molecular formula is C41H40N6O6. The van der Waals surface area contributed by atoms with E-state index in [9.17, 15) is 9.59 Å². The van der Waals surface area contributed by atoms with Crippen LogP contribution in [0.15, 0.2) is 116 Å². The lowest BCUT2D eigenvalue weighted by Crippen LogP contribution is -2.63. The predicted octanol–water partition coefficient (Wildman–Crippen LogP) is 5.65. The van der Waals surface area contributed by atoms with Crippen LogP contribution < -0.4 is 19.5 Å². The van der Waals surface area contributed by atoms with Crippen molar-refractivity contribution >= 4 is 17.6 Å². The van der Waals surface area contributed by atoms with E-state index >= 15 is 0 Å². The van der Waals surface area contributed by atoms with Crippen LogP contribution in [0, 0.1) is 5.41 Å². The molecule has 12 heteroatoms. The molecule has 5 heterocycles. The van der Waals surface area contributed by atoms with Crippen molar-refractivity contribution < 1.29 is 28.9 Å². The Morgan fingerprint density at radius 2 is 1.51 bits per heavy atom. The summed E-state index contributed by atoms with van der Waals surface area (Å²) in [6.07, 6.45) is 3.61. The van der Waals surface area contributed by atoms with Gasteiger partial charge in [-0.05, 0) is 30.7 Å². The third-order valence-electron chi connectivity index (χ3n) is 9.92. The van der Waals surface area contributed by atoms with Gasteiger partial charge in [-0.3, -0.25) is 9.59 Å².